The van der Waals surface area contributed by atoms with E-state index < -0.39 is 0 Å². The number of hydrogen-bond donors (Lipinski definition) is 2. The Labute approximate surface area is 118 Å². The lowest BCUT2D eigenvalue weighted by atomic mass is 10.0. The van der Waals surface area contributed by atoms with Gasteiger partial charge in [-0.25, -0.2) is 0 Å². The van der Waals surface area contributed by atoms with Crippen molar-refractivity contribution in [3.8, 4) is 11.3 Å². The van der Waals surface area contributed by atoms with Crippen molar-refractivity contribution in [2.24, 2.45) is 5.73 Å². The largest absolute Gasteiger partial charge is 0.326 e. The molecule has 3 aromatic rings. The molecule has 3 N–H and O–H groups in total. The van der Waals surface area contributed by atoms with E-state index in [-0.39, 0.29) is 0 Å². The van der Waals surface area contributed by atoms with Crippen molar-refractivity contribution in [3.63, 3.8) is 0 Å². The SMILES string of the molecule is NCc1ccc(Cc2ccc(-c3ccn[nH]3)cc2)cc1. The molecule has 0 unspecified atom stereocenters. The standard InChI is InChI=1S/C17H17N3/c18-12-15-3-1-13(2-4-15)11-14-5-7-16(8-6-14)17-9-10-19-20-17/h1-10H,11-12,18H2,(H,19,20). The molecule has 0 fully saturated rings. The lowest BCUT2D eigenvalue weighted by Gasteiger charge is -2.05. The molecule has 20 heavy (non-hydrogen) atoms. The monoisotopic (exact) mass is 263 g/mol. The summed E-state index contributed by atoms with van der Waals surface area (Å²) >= 11 is 0. The summed E-state index contributed by atoms with van der Waals surface area (Å²) in [5, 5.41) is 6.94. The first-order chi connectivity index (χ1) is 9.85. The Morgan fingerprint density at radius 1 is 0.800 bits per heavy atom. The third-order valence-electron chi connectivity index (χ3n) is 3.43. The van der Waals surface area contributed by atoms with Crippen molar-refractivity contribution in [1.29, 1.82) is 0 Å². The van der Waals surface area contributed by atoms with Gasteiger partial charge in [0, 0.05) is 12.7 Å². The predicted molar refractivity (Wildman–Crippen MR) is 81.2 cm³/mol. The average molecular weight is 263 g/mol. The molecule has 1 aromatic heterocycles. The molecule has 0 aliphatic carbocycles. The van der Waals surface area contributed by atoms with Gasteiger partial charge in [0.25, 0.3) is 0 Å². The van der Waals surface area contributed by atoms with E-state index in [0.717, 1.165) is 17.7 Å². The van der Waals surface area contributed by atoms with Gasteiger partial charge in [-0.05, 0) is 34.7 Å². The maximum absolute atomic E-state index is 5.61. The second kappa shape index (κ2) is 5.72. The normalized spacial score (nSPS) is 10.7. The molecule has 0 spiro atoms. The second-order valence-corrected chi connectivity index (χ2v) is 4.86. The van der Waals surface area contributed by atoms with Crippen LogP contribution in [0.1, 0.15) is 16.7 Å². The summed E-state index contributed by atoms with van der Waals surface area (Å²) in [6.45, 7) is 0.596. The fraction of sp³-hybridized carbons (Fsp3) is 0.118. The van der Waals surface area contributed by atoms with Crippen LogP contribution in [0, 0.1) is 0 Å². The smallest absolute Gasteiger partial charge is 0.0650 e. The zero-order valence-corrected chi connectivity index (χ0v) is 11.2. The van der Waals surface area contributed by atoms with Gasteiger partial charge in [-0.3, -0.25) is 5.10 Å². The minimum atomic E-state index is 0.596. The minimum absolute atomic E-state index is 0.596. The highest BCUT2D eigenvalue weighted by atomic mass is 15.1. The molecule has 3 rings (SSSR count). The van der Waals surface area contributed by atoms with Crippen LogP contribution in [0.5, 0.6) is 0 Å². The van der Waals surface area contributed by atoms with Crippen molar-refractivity contribution >= 4 is 0 Å². The number of aromatic amines is 1. The van der Waals surface area contributed by atoms with Crippen LogP contribution in [-0.4, -0.2) is 10.2 Å². The number of nitrogens with one attached hydrogen (secondary N) is 1. The van der Waals surface area contributed by atoms with Crippen LogP contribution < -0.4 is 5.73 Å². The fourth-order valence-corrected chi connectivity index (χ4v) is 2.25. The molecule has 0 saturated heterocycles. The van der Waals surface area contributed by atoms with Gasteiger partial charge in [0.05, 0.1) is 5.69 Å². The number of nitrogens with zero attached hydrogens (tertiary/aromatic N) is 1. The molecule has 2 aromatic carbocycles. The zero-order chi connectivity index (χ0) is 13.8. The number of hydrogen-bond acceptors (Lipinski definition) is 2. The summed E-state index contributed by atoms with van der Waals surface area (Å²) in [7, 11) is 0. The van der Waals surface area contributed by atoms with Gasteiger partial charge in [-0.2, -0.15) is 5.10 Å². The molecule has 0 aliphatic heterocycles. The van der Waals surface area contributed by atoms with E-state index in [4.69, 9.17) is 5.73 Å². The first kappa shape index (κ1) is 12.6. The molecule has 100 valence electrons. The van der Waals surface area contributed by atoms with E-state index in [1.165, 1.54) is 16.7 Å². The number of benzene rings is 2. The highest BCUT2D eigenvalue weighted by Gasteiger charge is 2.00. The van der Waals surface area contributed by atoms with Crippen LogP contribution in [0.4, 0.5) is 0 Å². The van der Waals surface area contributed by atoms with Gasteiger partial charge in [0.2, 0.25) is 0 Å². The lowest BCUT2D eigenvalue weighted by molar-refractivity contribution is 1.06. The van der Waals surface area contributed by atoms with Crippen molar-refractivity contribution in [1.82, 2.24) is 10.2 Å². The summed E-state index contributed by atoms with van der Waals surface area (Å²) in [5.41, 5.74) is 11.6. The predicted octanol–water partition coefficient (Wildman–Crippen LogP) is 3.13. The third-order valence-corrected chi connectivity index (χ3v) is 3.43. The fourth-order valence-electron chi connectivity index (χ4n) is 2.25. The van der Waals surface area contributed by atoms with Gasteiger partial charge in [-0.15, -0.1) is 0 Å². The van der Waals surface area contributed by atoms with E-state index in [9.17, 15) is 0 Å². The summed E-state index contributed by atoms with van der Waals surface area (Å²) in [6.07, 6.45) is 2.70. The maximum atomic E-state index is 5.61. The summed E-state index contributed by atoms with van der Waals surface area (Å²) in [4.78, 5) is 0. The number of H-pyrrole nitrogens is 1. The molecule has 0 aliphatic rings. The average Bonchev–Trinajstić information content (AvgIpc) is 3.03. The van der Waals surface area contributed by atoms with Crippen molar-refractivity contribution in [2.75, 3.05) is 0 Å². The molecule has 0 radical (unpaired) electrons. The quantitative estimate of drug-likeness (QED) is 0.760. The zero-order valence-electron chi connectivity index (χ0n) is 11.2. The second-order valence-electron chi connectivity index (χ2n) is 4.86. The molecule has 0 bridgehead atoms. The van der Waals surface area contributed by atoms with Crippen LogP contribution in [0.2, 0.25) is 0 Å². The van der Waals surface area contributed by atoms with Gasteiger partial charge in [-0.1, -0.05) is 48.5 Å². The Kier molecular flexibility index (Phi) is 3.61. The number of nitrogens with two attached hydrogens (primary N) is 1. The molecular weight excluding hydrogens is 246 g/mol. The van der Waals surface area contributed by atoms with Gasteiger partial charge >= 0.3 is 0 Å². The van der Waals surface area contributed by atoms with Crippen molar-refractivity contribution in [3.05, 3.63) is 77.5 Å². The van der Waals surface area contributed by atoms with Crippen LogP contribution >= 0.6 is 0 Å². The molecule has 3 nitrogen and oxygen atoms in total. The Balaban J connectivity index is 1.74. The Morgan fingerprint density at radius 2 is 1.40 bits per heavy atom. The minimum Gasteiger partial charge on any atom is -0.326 e. The molecule has 1 heterocycles. The van der Waals surface area contributed by atoms with Gasteiger partial charge in [0.1, 0.15) is 0 Å². The van der Waals surface area contributed by atoms with E-state index in [0.29, 0.717) is 6.54 Å². The van der Waals surface area contributed by atoms with Crippen LogP contribution in [0.15, 0.2) is 60.8 Å². The Bertz CT molecular complexity index is 652. The first-order valence-electron chi connectivity index (χ1n) is 6.72. The molecule has 0 amide bonds. The number of aromatic nitrogens is 2. The van der Waals surface area contributed by atoms with E-state index in [1.54, 1.807) is 6.20 Å². The lowest BCUT2D eigenvalue weighted by Crippen LogP contribution is -1.96. The summed E-state index contributed by atoms with van der Waals surface area (Å²) < 4.78 is 0. The Hall–Kier alpha value is -2.39. The summed E-state index contributed by atoms with van der Waals surface area (Å²) in [5.74, 6) is 0. The molecule has 0 atom stereocenters. The highest BCUT2D eigenvalue weighted by molar-refractivity contribution is 5.58. The molecular formula is C17H17N3. The van der Waals surface area contributed by atoms with E-state index in [1.807, 2.05) is 6.07 Å². The van der Waals surface area contributed by atoms with Crippen molar-refractivity contribution in [2.45, 2.75) is 13.0 Å². The van der Waals surface area contributed by atoms with Crippen molar-refractivity contribution < 1.29 is 0 Å². The summed E-state index contributed by atoms with van der Waals surface area (Å²) in [6, 6.07) is 19.0. The van der Waals surface area contributed by atoms with E-state index >= 15 is 0 Å². The third kappa shape index (κ3) is 2.78. The Morgan fingerprint density at radius 3 is 1.95 bits per heavy atom. The number of rotatable bonds is 4. The van der Waals surface area contributed by atoms with Crippen LogP contribution in [-0.2, 0) is 13.0 Å². The maximum Gasteiger partial charge on any atom is 0.0650 e. The van der Waals surface area contributed by atoms with Crippen LogP contribution in [0.3, 0.4) is 0 Å². The highest BCUT2D eigenvalue weighted by Crippen LogP contribution is 2.18. The van der Waals surface area contributed by atoms with E-state index in [2.05, 4.69) is 58.7 Å². The molecule has 0 saturated carbocycles. The van der Waals surface area contributed by atoms with Gasteiger partial charge < -0.3 is 5.73 Å². The molecule has 3 heteroatoms. The van der Waals surface area contributed by atoms with Crippen LogP contribution in [0.25, 0.3) is 11.3 Å². The topological polar surface area (TPSA) is 54.7 Å². The van der Waals surface area contributed by atoms with Gasteiger partial charge in [0.15, 0.2) is 0 Å². The first-order valence-corrected chi connectivity index (χ1v) is 6.72.